The third kappa shape index (κ3) is 13.0. The topological polar surface area (TPSA) is 0 Å². The van der Waals surface area contributed by atoms with E-state index in [-0.39, 0.29) is 7.47 Å². The molecule has 14 heavy (non-hydrogen) atoms. The van der Waals surface area contributed by atoms with E-state index in [1.165, 1.54) is 0 Å². The molecule has 0 N–H and O–H groups in total. The predicted octanol–water partition coefficient (Wildman–Crippen LogP) is 4.79. The summed E-state index contributed by atoms with van der Waals surface area (Å²) in [5.74, 6) is 12.1. The van der Waals surface area contributed by atoms with Gasteiger partial charge >= 0.3 is 0 Å². The van der Waals surface area contributed by atoms with Crippen LogP contribution >= 0.6 is 63.7 Å². The number of hydrogen-bond donors (Lipinski definition) is 0. The summed E-state index contributed by atoms with van der Waals surface area (Å²) in [6, 6.07) is 0. The summed E-state index contributed by atoms with van der Waals surface area (Å²) >= 11 is 13.2. The van der Waals surface area contributed by atoms with Crippen LogP contribution in [0.3, 0.4) is 0 Å². The van der Waals surface area contributed by atoms with Gasteiger partial charge in [0, 0.05) is 12.8 Å². The molecular formula is C10H10Br4. The van der Waals surface area contributed by atoms with Crippen molar-refractivity contribution in [2.24, 2.45) is 0 Å². The highest BCUT2D eigenvalue weighted by molar-refractivity contribution is 9.25. The lowest BCUT2D eigenvalue weighted by Gasteiger charge is -1.90. The second-order valence-electron chi connectivity index (χ2n) is 2.45. The maximum Gasteiger partial charge on any atom is 0.130 e. The fourth-order valence-corrected chi connectivity index (χ4v) is 1.37. The molecule has 0 unspecified atom stereocenters. The molecule has 0 aromatic carbocycles. The van der Waals surface area contributed by atoms with Crippen molar-refractivity contribution in [3.05, 3.63) is 0 Å². The molecule has 0 rings (SSSR count). The summed E-state index contributed by atoms with van der Waals surface area (Å²) in [5, 5.41) is 0. The van der Waals surface area contributed by atoms with Gasteiger partial charge in [0.1, 0.15) is 7.47 Å². The first-order valence-corrected chi connectivity index (χ1v) is 7.82. The predicted molar refractivity (Wildman–Crippen MR) is 77.3 cm³/mol. The second kappa shape index (κ2) is 10.6. The van der Waals surface area contributed by atoms with E-state index in [0.717, 1.165) is 25.7 Å². The lowest BCUT2D eigenvalue weighted by Crippen LogP contribution is -1.78. The van der Waals surface area contributed by atoms with E-state index in [9.17, 15) is 0 Å². The number of alkyl halides is 4. The third-order valence-corrected chi connectivity index (χ3v) is 2.19. The average Bonchev–Trinajstić information content (AvgIpc) is 2.08. The maximum atomic E-state index is 3.29. The Kier molecular flexibility index (Phi) is 11.3. The van der Waals surface area contributed by atoms with Crippen molar-refractivity contribution in [2.75, 3.05) is 0 Å². The molecule has 0 fully saturated rings. The molecule has 0 amide bonds. The minimum Gasteiger partial charge on any atom is -0.101 e. The van der Waals surface area contributed by atoms with Crippen LogP contribution in [0.2, 0.25) is 0 Å². The highest BCUT2D eigenvalue weighted by Crippen LogP contribution is 2.07. The fourth-order valence-electron chi connectivity index (χ4n) is 0.725. The van der Waals surface area contributed by atoms with Gasteiger partial charge in [-0.2, -0.15) is 0 Å². The van der Waals surface area contributed by atoms with Crippen LogP contribution in [0.15, 0.2) is 0 Å². The van der Waals surface area contributed by atoms with Crippen molar-refractivity contribution in [3.8, 4) is 23.7 Å². The normalized spacial score (nSPS) is 9.29. The Morgan fingerprint density at radius 3 is 1.36 bits per heavy atom. The first-order valence-electron chi connectivity index (χ1n) is 4.16. The number of unbranched alkanes of at least 4 members (excludes halogenated alkanes) is 3. The molecular weight excluding hydrogens is 440 g/mol. The monoisotopic (exact) mass is 446 g/mol. The van der Waals surface area contributed by atoms with E-state index in [1.54, 1.807) is 0 Å². The Morgan fingerprint density at radius 2 is 1.07 bits per heavy atom. The van der Waals surface area contributed by atoms with Gasteiger partial charge in [-0.05, 0) is 12.8 Å². The Labute approximate surface area is 119 Å². The van der Waals surface area contributed by atoms with Gasteiger partial charge < -0.3 is 0 Å². The van der Waals surface area contributed by atoms with Gasteiger partial charge in [-0.25, -0.2) is 0 Å². The molecule has 0 nitrogen and oxygen atoms in total. The maximum absolute atomic E-state index is 3.29. The molecule has 0 spiro atoms. The zero-order chi connectivity index (χ0) is 10.8. The number of halogens is 4. The molecule has 0 heterocycles. The molecule has 78 valence electrons. The molecule has 4 heteroatoms. The van der Waals surface area contributed by atoms with Gasteiger partial charge in [-0.15, -0.1) is 11.8 Å². The SMILES string of the molecule is BrC(Br)C#CCCCCC#CC(Br)Br. The average molecular weight is 450 g/mol. The Bertz CT molecular complexity index is 221. The highest BCUT2D eigenvalue weighted by atomic mass is 79.9. The molecule has 0 radical (unpaired) electrons. The van der Waals surface area contributed by atoms with E-state index in [2.05, 4.69) is 87.4 Å². The lowest BCUT2D eigenvalue weighted by molar-refractivity contribution is 0.782. The third-order valence-electron chi connectivity index (χ3n) is 1.28. The standard InChI is InChI=1S/C10H10Br4/c11-9(12)7-5-3-1-2-4-6-8-10(13)14/h9-10H,1-4H2. The minimum atomic E-state index is 0.123. The van der Waals surface area contributed by atoms with E-state index in [4.69, 9.17) is 0 Å². The molecule has 0 aromatic rings. The van der Waals surface area contributed by atoms with Crippen molar-refractivity contribution in [3.63, 3.8) is 0 Å². The van der Waals surface area contributed by atoms with Crippen LogP contribution in [0, 0.1) is 23.7 Å². The zero-order valence-corrected chi connectivity index (χ0v) is 13.8. The van der Waals surface area contributed by atoms with Crippen LogP contribution in [-0.4, -0.2) is 7.47 Å². The van der Waals surface area contributed by atoms with Crippen molar-refractivity contribution < 1.29 is 0 Å². The molecule has 0 aliphatic rings. The molecule has 0 aromatic heterocycles. The van der Waals surface area contributed by atoms with Crippen molar-refractivity contribution in [1.82, 2.24) is 0 Å². The summed E-state index contributed by atoms with van der Waals surface area (Å²) in [4.78, 5) is 0. The van der Waals surface area contributed by atoms with Gasteiger partial charge in [0.15, 0.2) is 0 Å². The highest BCUT2D eigenvalue weighted by Gasteiger charge is 1.88. The Hall–Kier alpha value is 1.04. The largest absolute Gasteiger partial charge is 0.130 e. The van der Waals surface area contributed by atoms with Crippen molar-refractivity contribution >= 4 is 63.7 Å². The molecule has 0 bridgehead atoms. The van der Waals surface area contributed by atoms with E-state index >= 15 is 0 Å². The van der Waals surface area contributed by atoms with Gasteiger partial charge in [-0.1, -0.05) is 75.6 Å². The van der Waals surface area contributed by atoms with Gasteiger partial charge in [0.25, 0.3) is 0 Å². The summed E-state index contributed by atoms with van der Waals surface area (Å²) in [7, 11) is 0. The summed E-state index contributed by atoms with van der Waals surface area (Å²) in [5.41, 5.74) is 0. The second-order valence-corrected chi connectivity index (χ2v) is 8.57. The molecule has 0 saturated heterocycles. The van der Waals surface area contributed by atoms with Crippen LogP contribution in [0.4, 0.5) is 0 Å². The van der Waals surface area contributed by atoms with Crippen LogP contribution in [-0.2, 0) is 0 Å². The Morgan fingerprint density at radius 1 is 0.714 bits per heavy atom. The lowest BCUT2D eigenvalue weighted by atomic mass is 10.2. The summed E-state index contributed by atoms with van der Waals surface area (Å²) < 4.78 is 0.245. The number of hydrogen-bond acceptors (Lipinski definition) is 0. The summed E-state index contributed by atoms with van der Waals surface area (Å²) in [6.07, 6.45) is 4.12. The van der Waals surface area contributed by atoms with Gasteiger partial charge in [-0.3, -0.25) is 0 Å². The first kappa shape index (κ1) is 15.0. The van der Waals surface area contributed by atoms with Gasteiger partial charge in [0.2, 0.25) is 0 Å². The quantitative estimate of drug-likeness (QED) is 0.330. The number of rotatable bonds is 3. The smallest absolute Gasteiger partial charge is 0.101 e. The summed E-state index contributed by atoms with van der Waals surface area (Å²) in [6.45, 7) is 0. The van der Waals surface area contributed by atoms with E-state index < -0.39 is 0 Å². The van der Waals surface area contributed by atoms with Crippen molar-refractivity contribution in [1.29, 1.82) is 0 Å². The fraction of sp³-hybridized carbons (Fsp3) is 0.600. The molecule has 0 aliphatic heterocycles. The molecule has 0 atom stereocenters. The first-order chi connectivity index (χ1) is 6.63. The molecule has 0 saturated carbocycles. The Balaban J connectivity index is 3.33. The van der Waals surface area contributed by atoms with E-state index in [1.807, 2.05) is 0 Å². The van der Waals surface area contributed by atoms with Crippen LogP contribution in [0.5, 0.6) is 0 Å². The van der Waals surface area contributed by atoms with Crippen LogP contribution in [0.1, 0.15) is 25.7 Å². The van der Waals surface area contributed by atoms with E-state index in [0.29, 0.717) is 0 Å². The van der Waals surface area contributed by atoms with Crippen molar-refractivity contribution in [2.45, 2.75) is 33.2 Å². The van der Waals surface area contributed by atoms with Crippen LogP contribution in [0.25, 0.3) is 0 Å². The van der Waals surface area contributed by atoms with Crippen LogP contribution < -0.4 is 0 Å². The minimum absolute atomic E-state index is 0.123. The molecule has 0 aliphatic carbocycles. The van der Waals surface area contributed by atoms with Gasteiger partial charge in [0.05, 0.1) is 0 Å². The zero-order valence-electron chi connectivity index (χ0n) is 7.49.